The fraction of sp³-hybridized carbons (Fsp3) is 0. The molecule has 0 atom stereocenters. The summed E-state index contributed by atoms with van der Waals surface area (Å²) in [5.74, 6) is -1.63. The highest BCUT2D eigenvalue weighted by Crippen LogP contribution is 3.02. The number of carbonyl (C=O) groups is 1. The van der Waals surface area contributed by atoms with Crippen LogP contribution in [0.4, 0.5) is 29.8 Å². The summed E-state index contributed by atoms with van der Waals surface area (Å²) in [5.41, 5.74) is -0.102. The van der Waals surface area contributed by atoms with E-state index in [9.17, 15) is 28.6 Å². The molecule has 12 heteroatoms. The first-order valence-corrected chi connectivity index (χ1v) is 9.02. The van der Waals surface area contributed by atoms with E-state index in [-0.39, 0.29) is 29.2 Å². The molecule has 0 aliphatic rings. The van der Waals surface area contributed by atoms with E-state index in [2.05, 4.69) is 15.5 Å². The molecule has 5 nitrogen and oxygen atoms in total. The highest BCUT2D eigenvalue weighted by Gasteiger charge is 2.65. The van der Waals surface area contributed by atoms with Gasteiger partial charge in [0.2, 0.25) is 5.89 Å². The number of nitrogens with one attached hydrogen (secondary N) is 1. The molecule has 0 bridgehead atoms. The number of halogens is 6. The van der Waals surface area contributed by atoms with E-state index in [1.165, 1.54) is 18.2 Å². The summed E-state index contributed by atoms with van der Waals surface area (Å²) < 4.78 is 81.6. The summed E-state index contributed by atoms with van der Waals surface area (Å²) in [4.78, 5) is 9.86. The van der Waals surface area contributed by atoms with Crippen LogP contribution in [0.1, 0.15) is 10.4 Å². The molecular weight excluding hydrogens is 400 g/mol. The van der Waals surface area contributed by atoms with Crippen LogP contribution >= 0.6 is 10.2 Å². The normalized spacial score (nSPS) is 14.3. The lowest BCUT2D eigenvalue weighted by atomic mass is 10.2. The van der Waals surface area contributed by atoms with Gasteiger partial charge >= 0.3 is 16.2 Å². The van der Waals surface area contributed by atoms with Crippen LogP contribution in [0.5, 0.6) is 0 Å². The van der Waals surface area contributed by atoms with Gasteiger partial charge in [-0.1, -0.05) is 30.6 Å². The first kappa shape index (κ1) is 18.8. The van der Waals surface area contributed by atoms with E-state index in [4.69, 9.17) is 4.42 Å². The van der Waals surface area contributed by atoms with Gasteiger partial charge in [0.1, 0.15) is 10.7 Å². The molecule has 1 amide bonds. The predicted octanol–water partition coefficient (Wildman–Crippen LogP) is 5.79. The van der Waals surface area contributed by atoms with E-state index in [1.807, 2.05) is 0 Å². The van der Waals surface area contributed by atoms with Crippen LogP contribution in [-0.2, 0) is 0 Å². The third-order valence-corrected chi connectivity index (χ3v) is 4.44. The molecule has 2 aromatic carbocycles. The lowest BCUT2D eigenvalue weighted by Crippen LogP contribution is -2.13. The van der Waals surface area contributed by atoms with Crippen molar-refractivity contribution in [3.05, 3.63) is 59.9 Å². The Balaban J connectivity index is 1.77. The number of hydrogen-bond donors (Lipinski definition) is 1. The van der Waals surface area contributed by atoms with Gasteiger partial charge in [0.15, 0.2) is 0 Å². The molecule has 0 unspecified atom stereocenters. The lowest BCUT2D eigenvalue weighted by molar-refractivity contribution is 0.102. The van der Waals surface area contributed by atoms with Gasteiger partial charge in [0.05, 0.1) is 0 Å². The Morgan fingerprint density at radius 2 is 1.63 bits per heavy atom. The Kier molecular flexibility index (Phi) is 3.81. The summed E-state index contributed by atoms with van der Waals surface area (Å²) in [6.45, 7) is 0. The van der Waals surface area contributed by atoms with Crippen molar-refractivity contribution in [2.24, 2.45) is 0 Å². The Bertz CT molecular complexity index is 1020. The standard InChI is InChI=1S/C15H9F6N3O2S/c16-11-3-1-2-10(8-11)14-23-24-15(26-14)22-13(25)9-4-6-12(7-5-9)27(17,18,19,20)21/h1-8H,(H,22,24,25). The van der Waals surface area contributed by atoms with E-state index >= 15 is 0 Å². The molecular formula is C15H9F6N3O2S. The molecule has 0 spiro atoms. The van der Waals surface area contributed by atoms with Crippen molar-refractivity contribution in [1.29, 1.82) is 0 Å². The molecule has 1 heterocycles. The van der Waals surface area contributed by atoms with Crippen LogP contribution in [0, 0.1) is 5.82 Å². The van der Waals surface area contributed by atoms with Crippen LogP contribution in [0.2, 0.25) is 0 Å². The maximum atomic E-state index is 13.2. The number of nitrogens with zero attached hydrogens (tertiary/aromatic N) is 2. The highest BCUT2D eigenvalue weighted by molar-refractivity contribution is 8.45. The van der Waals surface area contributed by atoms with Crippen molar-refractivity contribution in [2.75, 3.05) is 5.32 Å². The van der Waals surface area contributed by atoms with Gasteiger partial charge in [-0.25, -0.2) is 4.39 Å². The van der Waals surface area contributed by atoms with E-state index in [1.54, 1.807) is 0 Å². The van der Waals surface area contributed by atoms with Gasteiger partial charge in [0.25, 0.3) is 5.91 Å². The lowest BCUT2D eigenvalue weighted by Gasteiger charge is -2.40. The summed E-state index contributed by atoms with van der Waals surface area (Å²) in [6, 6.07) is 6.17. The molecule has 0 saturated carbocycles. The maximum absolute atomic E-state index is 13.2. The summed E-state index contributed by atoms with van der Waals surface area (Å²) >= 11 is 0. The summed E-state index contributed by atoms with van der Waals surface area (Å²) in [7, 11) is -9.81. The van der Waals surface area contributed by atoms with Crippen LogP contribution in [0.15, 0.2) is 57.8 Å². The van der Waals surface area contributed by atoms with E-state index in [0.717, 1.165) is 6.07 Å². The van der Waals surface area contributed by atoms with Gasteiger partial charge in [-0.2, -0.15) is 0 Å². The quantitative estimate of drug-likeness (QED) is 0.554. The minimum Gasteiger partial charge on any atom is -0.403 e. The van der Waals surface area contributed by atoms with Gasteiger partial charge in [0, 0.05) is 11.1 Å². The van der Waals surface area contributed by atoms with Crippen LogP contribution in [0.25, 0.3) is 11.5 Å². The van der Waals surface area contributed by atoms with Crippen molar-refractivity contribution in [2.45, 2.75) is 4.90 Å². The molecule has 1 aromatic heterocycles. The Hall–Kier alpha value is -3.02. The van der Waals surface area contributed by atoms with Gasteiger partial charge in [-0.05, 0) is 42.5 Å². The van der Waals surface area contributed by atoms with Crippen molar-refractivity contribution in [3.8, 4) is 11.5 Å². The second-order valence-electron chi connectivity index (χ2n) is 5.37. The largest absolute Gasteiger partial charge is 0.403 e. The zero-order valence-electron chi connectivity index (χ0n) is 13.0. The fourth-order valence-electron chi connectivity index (χ4n) is 2.04. The van der Waals surface area contributed by atoms with E-state index < -0.39 is 32.9 Å². The Morgan fingerprint density at radius 3 is 2.22 bits per heavy atom. The Morgan fingerprint density at radius 1 is 0.963 bits per heavy atom. The topological polar surface area (TPSA) is 68.0 Å². The minimum atomic E-state index is -9.81. The zero-order valence-corrected chi connectivity index (χ0v) is 13.8. The third kappa shape index (κ3) is 4.39. The van der Waals surface area contributed by atoms with Crippen LogP contribution < -0.4 is 5.32 Å². The third-order valence-electron chi connectivity index (χ3n) is 3.28. The molecule has 27 heavy (non-hydrogen) atoms. The predicted molar refractivity (Wildman–Crippen MR) is 85.5 cm³/mol. The molecule has 0 saturated heterocycles. The maximum Gasteiger partial charge on any atom is 0.322 e. The smallest absolute Gasteiger partial charge is 0.322 e. The first-order valence-electron chi connectivity index (χ1n) is 7.07. The molecule has 1 N–H and O–H groups in total. The number of carbonyl (C=O) groups excluding carboxylic acids is 1. The zero-order chi connectivity index (χ0) is 19.9. The summed E-state index contributed by atoms with van der Waals surface area (Å²) in [6.07, 6.45) is 0. The average Bonchev–Trinajstić information content (AvgIpc) is 3.01. The molecule has 3 rings (SSSR count). The van der Waals surface area contributed by atoms with Gasteiger partial charge in [-0.15, -0.1) is 5.10 Å². The second-order valence-corrected chi connectivity index (χ2v) is 7.78. The molecule has 0 aliphatic heterocycles. The molecule has 144 valence electrons. The SMILES string of the molecule is O=C(Nc1nnc(-c2cccc(F)c2)o1)c1ccc(S(F)(F)(F)(F)F)cc1. The number of aromatic nitrogens is 2. The van der Waals surface area contributed by atoms with Crippen LogP contribution in [0.3, 0.4) is 0 Å². The monoisotopic (exact) mass is 409 g/mol. The van der Waals surface area contributed by atoms with Crippen molar-refractivity contribution < 1.29 is 33.0 Å². The second kappa shape index (κ2) is 5.49. The average molecular weight is 409 g/mol. The highest BCUT2D eigenvalue weighted by atomic mass is 32.5. The van der Waals surface area contributed by atoms with Gasteiger partial charge in [-0.3, -0.25) is 10.1 Å². The van der Waals surface area contributed by atoms with Crippen molar-refractivity contribution in [1.82, 2.24) is 10.2 Å². The number of amides is 1. The molecule has 3 aromatic rings. The minimum absolute atomic E-state index is 0.110. The van der Waals surface area contributed by atoms with Crippen molar-refractivity contribution in [3.63, 3.8) is 0 Å². The van der Waals surface area contributed by atoms with Crippen LogP contribution in [-0.4, -0.2) is 16.1 Å². The molecule has 0 fully saturated rings. The number of benzene rings is 2. The number of hydrogen-bond acceptors (Lipinski definition) is 4. The fourth-order valence-corrected chi connectivity index (χ4v) is 2.70. The first-order chi connectivity index (χ1) is 12.3. The molecule has 0 radical (unpaired) electrons. The Labute approximate surface area is 147 Å². The number of anilines is 1. The summed E-state index contributed by atoms with van der Waals surface area (Å²) in [5, 5.41) is 9.21. The number of rotatable bonds is 4. The molecule has 0 aliphatic carbocycles. The van der Waals surface area contributed by atoms with Crippen molar-refractivity contribution >= 4 is 22.1 Å². The van der Waals surface area contributed by atoms with E-state index in [0.29, 0.717) is 12.1 Å². The van der Waals surface area contributed by atoms with Gasteiger partial charge < -0.3 is 4.42 Å².